The summed E-state index contributed by atoms with van der Waals surface area (Å²) in [5.74, 6) is -0.0294. The van der Waals surface area contributed by atoms with Crippen molar-refractivity contribution in [2.45, 2.75) is 26.2 Å². The van der Waals surface area contributed by atoms with Crippen molar-refractivity contribution in [3.05, 3.63) is 6.92 Å². The van der Waals surface area contributed by atoms with Crippen molar-refractivity contribution in [2.75, 3.05) is 32.7 Å². The van der Waals surface area contributed by atoms with Crippen molar-refractivity contribution < 1.29 is 4.79 Å². The lowest BCUT2D eigenvalue weighted by Gasteiger charge is -2.34. The van der Waals surface area contributed by atoms with Crippen LogP contribution >= 0.6 is 0 Å². The molecule has 0 bridgehead atoms. The zero-order chi connectivity index (χ0) is 10.4. The van der Waals surface area contributed by atoms with E-state index in [4.69, 9.17) is 0 Å². The van der Waals surface area contributed by atoms with Crippen molar-refractivity contribution in [3.8, 4) is 0 Å². The quantitative estimate of drug-likeness (QED) is 0.631. The molecule has 1 saturated heterocycles. The zero-order valence-electron chi connectivity index (χ0n) is 9.17. The standard InChI is InChI=1S/C11H21N2O/c1-3-4-5-6-12-7-9-13(10-8-12)11(2)14/h2-10H2,1H3. The lowest BCUT2D eigenvalue weighted by atomic mass is 10.2. The van der Waals surface area contributed by atoms with E-state index in [1.54, 1.807) is 0 Å². The van der Waals surface area contributed by atoms with E-state index in [0.717, 1.165) is 26.2 Å². The Balaban J connectivity index is 2.12. The Kier molecular flexibility index (Phi) is 4.94. The van der Waals surface area contributed by atoms with Crippen molar-refractivity contribution in [1.82, 2.24) is 9.80 Å². The monoisotopic (exact) mass is 197 g/mol. The number of carbonyl (C=O) groups is 1. The van der Waals surface area contributed by atoms with Crippen LogP contribution in [0.1, 0.15) is 26.2 Å². The van der Waals surface area contributed by atoms with Crippen LogP contribution in [-0.2, 0) is 4.79 Å². The van der Waals surface area contributed by atoms with Crippen LogP contribution in [0.3, 0.4) is 0 Å². The van der Waals surface area contributed by atoms with Crippen molar-refractivity contribution >= 4 is 5.91 Å². The lowest BCUT2D eigenvalue weighted by molar-refractivity contribution is -0.128. The molecule has 0 aliphatic carbocycles. The van der Waals surface area contributed by atoms with Gasteiger partial charge in [0.2, 0.25) is 5.91 Å². The third kappa shape index (κ3) is 3.66. The molecule has 1 radical (unpaired) electrons. The molecule has 1 fully saturated rings. The third-order valence-electron chi connectivity index (χ3n) is 2.80. The van der Waals surface area contributed by atoms with Gasteiger partial charge in [-0.1, -0.05) is 19.8 Å². The highest BCUT2D eigenvalue weighted by atomic mass is 16.2. The fourth-order valence-electron chi connectivity index (χ4n) is 1.81. The Hall–Kier alpha value is -0.570. The third-order valence-corrected chi connectivity index (χ3v) is 2.80. The predicted molar refractivity (Wildman–Crippen MR) is 57.9 cm³/mol. The minimum atomic E-state index is -0.0294. The number of hydrogen-bond acceptors (Lipinski definition) is 2. The highest BCUT2D eigenvalue weighted by Gasteiger charge is 2.17. The number of piperazine rings is 1. The van der Waals surface area contributed by atoms with Crippen LogP contribution in [0, 0.1) is 6.92 Å². The molecule has 3 heteroatoms. The van der Waals surface area contributed by atoms with Gasteiger partial charge in [0.25, 0.3) is 0 Å². The minimum absolute atomic E-state index is 0.0294. The van der Waals surface area contributed by atoms with E-state index in [1.807, 2.05) is 4.90 Å². The topological polar surface area (TPSA) is 23.6 Å². The maximum Gasteiger partial charge on any atom is 0.223 e. The summed E-state index contributed by atoms with van der Waals surface area (Å²) in [6.45, 7) is 10.6. The molecule has 1 heterocycles. The molecule has 0 aromatic rings. The first-order valence-corrected chi connectivity index (χ1v) is 5.57. The summed E-state index contributed by atoms with van der Waals surface area (Å²) in [7, 11) is 0. The Morgan fingerprint density at radius 3 is 2.36 bits per heavy atom. The highest BCUT2D eigenvalue weighted by molar-refractivity contribution is 5.80. The van der Waals surface area contributed by atoms with Crippen LogP contribution in [-0.4, -0.2) is 48.4 Å². The van der Waals surface area contributed by atoms with Crippen LogP contribution in [0.4, 0.5) is 0 Å². The summed E-state index contributed by atoms with van der Waals surface area (Å²) in [5.41, 5.74) is 0. The maximum absolute atomic E-state index is 11.0. The molecule has 1 aliphatic heterocycles. The number of rotatable bonds is 4. The van der Waals surface area contributed by atoms with Gasteiger partial charge in [-0.2, -0.15) is 0 Å². The van der Waals surface area contributed by atoms with E-state index in [1.165, 1.54) is 25.8 Å². The van der Waals surface area contributed by atoms with Gasteiger partial charge in [0.15, 0.2) is 0 Å². The van der Waals surface area contributed by atoms with Gasteiger partial charge in [-0.25, -0.2) is 0 Å². The van der Waals surface area contributed by atoms with E-state index in [-0.39, 0.29) is 5.91 Å². The van der Waals surface area contributed by atoms with Crippen LogP contribution in [0.15, 0.2) is 0 Å². The molecule has 1 rings (SSSR count). The Morgan fingerprint density at radius 2 is 1.86 bits per heavy atom. The molecule has 1 amide bonds. The Labute approximate surface area is 87.1 Å². The summed E-state index contributed by atoms with van der Waals surface area (Å²) in [4.78, 5) is 15.2. The second-order valence-electron chi connectivity index (χ2n) is 3.93. The second-order valence-corrected chi connectivity index (χ2v) is 3.93. The second kappa shape index (κ2) is 6.02. The first-order chi connectivity index (χ1) is 6.74. The van der Waals surface area contributed by atoms with Crippen LogP contribution in [0.25, 0.3) is 0 Å². The minimum Gasteiger partial charge on any atom is -0.340 e. The Morgan fingerprint density at radius 1 is 1.21 bits per heavy atom. The van der Waals surface area contributed by atoms with Gasteiger partial charge < -0.3 is 4.90 Å². The molecule has 1 aliphatic rings. The van der Waals surface area contributed by atoms with Gasteiger partial charge in [-0.05, 0) is 13.0 Å². The average molecular weight is 197 g/mol. The molecular formula is C11H21N2O. The van der Waals surface area contributed by atoms with Crippen molar-refractivity contribution in [3.63, 3.8) is 0 Å². The molecule has 0 spiro atoms. The van der Waals surface area contributed by atoms with Gasteiger partial charge in [0.1, 0.15) is 0 Å². The smallest absolute Gasteiger partial charge is 0.223 e. The normalized spacial score (nSPS) is 18.6. The van der Waals surface area contributed by atoms with Crippen LogP contribution in [0.5, 0.6) is 0 Å². The fourth-order valence-corrected chi connectivity index (χ4v) is 1.81. The van der Waals surface area contributed by atoms with Crippen LogP contribution < -0.4 is 0 Å². The molecule has 0 atom stereocenters. The zero-order valence-corrected chi connectivity index (χ0v) is 9.17. The van der Waals surface area contributed by atoms with Gasteiger partial charge in [0, 0.05) is 33.1 Å². The summed E-state index contributed by atoms with van der Waals surface area (Å²) in [6, 6.07) is 0. The molecule has 0 aromatic heterocycles. The highest BCUT2D eigenvalue weighted by Crippen LogP contribution is 2.04. The van der Waals surface area contributed by atoms with E-state index in [9.17, 15) is 4.79 Å². The first kappa shape index (κ1) is 11.5. The van der Waals surface area contributed by atoms with E-state index in [2.05, 4.69) is 18.7 Å². The van der Waals surface area contributed by atoms with Gasteiger partial charge in [-0.15, -0.1) is 0 Å². The van der Waals surface area contributed by atoms with Gasteiger partial charge in [-0.3, -0.25) is 9.69 Å². The number of nitrogens with zero attached hydrogens (tertiary/aromatic N) is 2. The predicted octanol–water partition coefficient (Wildman–Crippen LogP) is 1.15. The fraction of sp³-hybridized carbons (Fsp3) is 0.818. The molecule has 0 N–H and O–H groups in total. The molecular weight excluding hydrogens is 176 g/mol. The summed E-state index contributed by atoms with van der Waals surface area (Å²) in [6.07, 6.45) is 3.88. The largest absolute Gasteiger partial charge is 0.340 e. The molecule has 14 heavy (non-hydrogen) atoms. The molecule has 0 saturated carbocycles. The van der Waals surface area contributed by atoms with E-state index in [0.29, 0.717) is 0 Å². The summed E-state index contributed by atoms with van der Waals surface area (Å²) < 4.78 is 0. The summed E-state index contributed by atoms with van der Waals surface area (Å²) in [5, 5.41) is 0. The summed E-state index contributed by atoms with van der Waals surface area (Å²) >= 11 is 0. The molecule has 0 aromatic carbocycles. The maximum atomic E-state index is 11.0. The van der Waals surface area contributed by atoms with E-state index >= 15 is 0 Å². The molecule has 0 unspecified atom stereocenters. The Bertz CT molecular complexity index is 174. The van der Waals surface area contributed by atoms with Gasteiger partial charge >= 0.3 is 0 Å². The van der Waals surface area contributed by atoms with Gasteiger partial charge in [0.05, 0.1) is 0 Å². The number of carbonyl (C=O) groups excluding carboxylic acids is 1. The molecule has 81 valence electrons. The number of unbranched alkanes of at least 4 members (excludes halogenated alkanes) is 2. The lowest BCUT2D eigenvalue weighted by Crippen LogP contribution is -2.48. The van der Waals surface area contributed by atoms with Crippen LogP contribution in [0.2, 0.25) is 0 Å². The van der Waals surface area contributed by atoms with E-state index < -0.39 is 0 Å². The van der Waals surface area contributed by atoms with Crippen molar-refractivity contribution in [1.29, 1.82) is 0 Å². The SMILES string of the molecule is [CH2]C(=O)N1CCN(CCCCC)CC1. The average Bonchev–Trinajstić information content (AvgIpc) is 2.19. The molecule has 3 nitrogen and oxygen atoms in total. The van der Waals surface area contributed by atoms with Crippen molar-refractivity contribution in [2.24, 2.45) is 0 Å². The number of hydrogen-bond donors (Lipinski definition) is 0. The first-order valence-electron chi connectivity index (χ1n) is 5.57. The number of amides is 1.